The Kier molecular flexibility index (Phi) is 5.23. The quantitative estimate of drug-likeness (QED) is 0.874. The van der Waals surface area contributed by atoms with Gasteiger partial charge in [-0.3, -0.25) is 4.79 Å². The van der Waals surface area contributed by atoms with Gasteiger partial charge in [0.15, 0.2) is 0 Å². The van der Waals surface area contributed by atoms with Gasteiger partial charge in [0.05, 0.1) is 0 Å². The summed E-state index contributed by atoms with van der Waals surface area (Å²) in [6.07, 6.45) is 2.06. The summed E-state index contributed by atoms with van der Waals surface area (Å²) in [6.45, 7) is 6.15. The normalized spacial score (nSPS) is 15.5. The van der Waals surface area contributed by atoms with E-state index >= 15 is 0 Å². The van der Waals surface area contributed by atoms with Crippen LogP contribution in [0.15, 0.2) is 18.2 Å². The molecule has 2 N–H and O–H groups in total. The van der Waals surface area contributed by atoms with E-state index in [4.69, 9.17) is 0 Å². The molecule has 4 heteroatoms. The zero-order valence-electron chi connectivity index (χ0n) is 13.6. The SMILES string of the molecule is CC(C)C(CN(C)C)NC(=O)c1cccc2c1CCCN2. The summed E-state index contributed by atoms with van der Waals surface area (Å²) in [5.41, 5.74) is 3.10. The number of amides is 1. The number of nitrogens with one attached hydrogen (secondary N) is 2. The molecule has 1 amide bonds. The Morgan fingerprint density at radius 2 is 2.14 bits per heavy atom. The van der Waals surface area contributed by atoms with E-state index in [1.165, 1.54) is 0 Å². The molecule has 0 saturated heterocycles. The maximum atomic E-state index is 12.7. The van der Waals surface area contributed by atoms with Gasteiger partial charge in [-0.2, -0.15) is 0 Å². The average Bonchev–Trinajstić information content (AvgIpc) is 2.45. The molecule has 1 aromatic rings. The third kappa shape index (κ3) is 3.97. The van der Waals surface area contributed by atoms with Crippen LogP contribution in [0.2, 0.25) is 0 Å². The number of likely N-dealkylation sites (N-methyl/N-ethyl adjacent to an activating group) is 1. The molecular weight excluding hydrogens is 262 g/mol. The lowest BCUT2D eigenvalue weighted by atomic mass is 9.96. The molecule has 1 aliphatic heterocycles. The molecule has 116 valence electrons. The van der Waals surface area contributed by atoms with Crippen molar-refractivity contribution in [2.24, 2.45) is 5.92 Å². The molecule has 0 saturated carbocycles. The minimum atomic E-state index is 0.0519. The molecular formula is C17H27N3O. The smallest absolute Gasteiger partial charge is 0.251 e. The zero-order valence-corrected chi connectivity index (χ0v) is 13.6. The first-order valence-electron chi connectivity index (χ1n) is 7.80. The Bertz CT molecular complexity index is 497. The van der Waals surface area contributed by atoms with Crippen molar-refractivity contribution < 1.29 is 4.79 Å². The molecule has 1 atom stereocenters. The highest BCUT2D eigenvalue weighted by molar-refractivity contribution is 5.97. The van der Waals surface area contributed by atoms with Gasteiger partial charge >= 0.3 is 0 Å². The number of carbonyl (C=O) groups excluding carboxylic acids is 1. The van der Waals surface area contributed by atoms with Crippen LogP contribution in [-0.2, 0) is 6.42 Å². The Morgan fingerprint density at radius 3 is 2.81 bits per heavy atom. The van der Waals surface area contributed by atoms with E-state index in [0.29, 0.717) is 5.92 Å². The van der Waals surface area contributed by atoms with Crippen molar-refractivity contribution in [2.75, 3.05) is 32.5 Å². The summed E-state index contributed by atoms with van der Waals surface area (Å²) in [5.74, 6) is 0.463. The van der Waals surface area contributed by atoms with E-state index in [0.717, 1.165) is 42.7 Å². The minimum absolute atomic E-state index is 0.0519. The number of hydrogen-bond acceptors (Lipinski definition) is 3. The van der Waals surface area contributed by atoms with Crippen molar-refractivity contribution in [3.05, 3.63) is 29.3 Å². The molecule has 0 aliphatic carbocycles. The van der Waals surface area contributed by atoms with Crippen molar-refractivity contribution in [1.82, 2.24) is 10.2 Å². The van der Waals surface area contributed by atoms with Crippen molar-refractivity contribution in [2.45, 2.75) is 32.7 Å². The fraction of sp³-hybridized carbons (Fsp3) is 0.588. The molecule has 1 heterocycles. The van der Waals surface area contributed by atoms with Crippen LogP contribution in [0, 0.1) is 5.92 Å². The van der Waals surface area contributed by atoms with Gasteiger partial charge in [-0.25, -0.2) is 0 Å². The second-order valence-corrected chi connectivity index (χ2v) is 6.45. The van der Waals surface area contributed by atoms with Crippen LogP contribution < -0.4 is 10.6 Å². The lowest BCUT2D eigenvalue weighted by Gasteiger charge is -2.27. The highest BCUT2D eigenvalue weighted by atomic mass is 16.1. The third-order valence-electron chi connectivity index (χ3n) is 4.02. The number of hydrogen-bond donors (Lipinski definition) is 2. The second kappa shape index (κ2) is 6.94. The molecule has 1 unspecified atom stereocenters. The van der Waals surface area contributed by atoms with E-state index in [2.05, 4.69) is 35.4 Å². The van der Waals surface area contributed by atoms with Gasteiger partial charge in [-0.05, 0) is 50.6 Å². The molecule has 0 aromatic heterocycles. The molecule has 21 heavy (non-hydrogen) atoms. The average molecular weight is 289 g/mol. The Balaban J connectivity index is 2.16. The van der Waals surface area contributed by atoms with Crippen LogP contribution in [0.5, 0.6) is 0 Å². The number of anilines is 1. The lowest BCUT2D eigenvalue weighted by molar-refractivity contribution is 0.0915. The fourth-order valence-electron chi connectivity index (χ4n) is 2.79. The molecule has 4 nitrogen and oxygen atoms in total. The van der Waals surface area contributed by atoms with E-state index in [9.17, 15) is 4.79 Å². The second-order valence-electron chi connectivity index (χ2n) is 6.45. The van der Waals surface area contributed by atoms with Gasteiger partial charge in [-0.1, -0.05) is 19.9 Å². The maximum absolute atomic E-state index is 12.7. The van der Waals surface area contributed by atoms with Crippen LogP contribution in [0.4, 0.5) is 5.69 Å². The van der Waals surface area contributed by atoms with E-state index in [-0.39, 0.29) is 11.9 Å². The van der Waals surface area contributed by atoms with Gasteiger partial charge in [-0.15, -0.1) is 0 Å². The summed E-state index contributed by atoms with van der Waals surface area (Å²) in [7, 11) is 4.08. The predicted octanol–water partition coefficient (Wildman–Crippen LogP) is 2.36. The maximum Gasteiger partial charge on any atom is 0.251 e. The molecule has 1 aliphatic rings. The first kappa shape index (κ1) is 15.8. The molecule has 2 rings (SSSR count). The van der Waals surface area contributed by atoms with Gasteiger partial charge in [0.2, 0.25) is 0 Å². The van der Waals surface area contributed by atoms with Crippen molar-refractivity contribution in [3.63, 3.8) is 0 Å². The monoisotopic (exact) mass is 289 g/mol. The highest BCUT2D eigenvalue weighted by Gasteiger charge is 2.21. The number of fused-ring (bicyclic) bond motifs is 1. The largest absolute Gasteiger partial charge is 0.385 e. The lowest BCUT2D eigenvalue weighted by Crippen LogP contribution is -2.45. The summed E-state index contributed by atoms with van der Waals surface area (Å²) >= 11 is 0. The van der Waals surface area contributed by atoms with Gasteiger partial charge in [0.25, 0.3) is 5.91 Å². The van der Waals surface area contributed by atoms with E-state index in [1.54, 1.807) is 0 Å². The first-order valence-corrected chi connectivity index (χ1v) is 7.80. The molecule has 0 fully saturated rings. The highest BCUT2D eigenvalue weighted by Crippen LogP contribution is 2.25. The summed E-state index contributed by atoms with van der Waals surface area (Å²) < 4.78 is 0. The van der Waals surface area contributed by atoms with Crippen LogP contribution >= 0.6 is 0 Å². The topological polar surface area (TPSA) is 44.4 Å². The van der Waals surface area contributed by atoms with Crippen LogP contribution in [-0.4, -0.2) is 44.0 Å². The van der Waals surface area contributed by atoms with Gasteiger partial charge in [0.1, 0.15) is 0 Å². The standard InChI is InChI=1S/C17H27N3O/c1-12(2)16(11-20(3)4)19-17(21)14-7-5-9-15-13(14)8-6-10-18-15/h5,7,9,12,16,18H,6,8,10-11H2,1-4H3,(H,19,21). The number of rotatable bonds is 5. The van der Waals surface area contributed by atoms with Crippen LogP contribution in [0.3, 0.4) is 0 Å². The fourth-order valence-corrected chi connectivity index (χ4v) is 2.79. The Labute approximate surface area is 127 Å². The summed E-state index contributed by atoms with van der Waals surface area (Å²) in [5, 5.41) is 6.58. The molecule has 1 aromatic carbocycles. The summed E-state index contributed by atoms with van der Waals surface area (Å²) in [6, 6.07) is 6.13. The predicted molar refractivity (Wildman–Crippen MR) is 87.9 cm³/mol. The van der Waals surface area contributed by atoms with Crippen LogP contribution in [0.1, 0.15) is 36.2 Å². The first-order chi connectivity index (χ1) is 9.99. The molecule has 0 spiro atoms. The number of nitrogens with zero attached hydrogens (tertiary/aromatic N) is 1. The minimum Gasteiger partial charge on any atom is -0.385 e. The van der Waals surface area contributed by atoms with Crippen LogP contribution in [0.25, 0.3) is 0 Å². The van der Waals surface area contributed by atoms with E-state index < -0.39 is 0 Å². The number of carbonyl (C=O) groups is 1. The summed E-state index contributed by atoms with van der Waals surface area (Å²) in [4.78, 5) is 14.8. The molecule has 0 radical (unpaired) electrons. The Morgan fingerprint density at radius 1 is 1.38 bits per heavy atom. The molecule has 0 bridgehead atoms. The zero-order chi connectivity index (χ0) is 15.4. The van der Waals surface area contributed by atoms with Crippen molar-refractivity contribution >= 4 is 11.6 Å². The van der Waals surface area contributed by atoms with Crippen molar-refractivity contribution in [3.8, 4) is 0 Å². The van der Waals surface area contributed by atoms with E-state index in [1.807, 2.05) is 26.2 Å². The third-order valence-corrected chi connectivity index (χ3v) is 4.02. The van der Waals surface area contributed by atoms with Gasteiger partial charge < -0.3 is 15.5 Å². The number of benzene rings is 1. The van der Waals surface area contributed by atoms with Crippen molar-refractivity contribution in [1.29, 1.82) is 0 Å². The Hall–Kier alpha value is -1.55. The van der Waals surface area contributed by atoms with Gasteiger partial charge in [0, 0.05) is 30.4 Å².